The average molecular weight is 1470 g/mol. The van der Waals surface area contributed by atoms with Crippen LogP contribution in [0.25, 0.3) is 0 Å². The first-order chi connectivity index (χ1) is 47.8. The summed E-state index contributed by atoms with van der Waals surface area (Å²) in [5, 5.41) is 0. The number of likely N-dealkylation sites (tertiary alicyclic amines) is 8. The first-order valence-corrected chi connectivity index (χ1v) is 43.9. The zero-order valence-corrected chi connectivity index (χ0v) is 75.9. The van der Waals surface area contributed by atoms with E-state index in [1.165, 1.54) is 96.8 Å². The Morgan fingerprint density at radius 2 is 0.670 bits per heavy atom. The third-order valence-corrected chi connectivity index (χ3v) is 25.3. The maximum absolute atomic E-state index is 13.1. The van der Waals surface area contributed by atoms with Gasteiger partial charge in [0.2, 0.25) is 0 Å². The summed E-state index contributed by atoms with van der Waals surface area (Å²) in [4.78, 5) is 20.8. The minimum Gasteiger partial charge on any atom is -0.384 e. The third-order valence-electron chi connectivity index (χ3n) is 25.3. The highest BCUT2D eigenvalue weighted by Crippen LogP contribution is 2.37. The third kappa shape index (κ3) is 34.1. The molecule has 8 rings (SSSR count). The van der Waals surface area contributed by atoms with Gasteiger partial charge in [0.1, 0.15) is 6.17 Å². The van der Waals surface area contributed by atoms with Crippen molar-refractivity contribution >= 4 is 0 Å². The first-order valence-electron chi connectivity index (χ1n) is 43.9. The maximum Gasteiger partial charge on any atom is 0.345 e. The Hall–Kier alpha value is -0.610. The number of nitrogens with zero attached hydrogens (tertiary/aromatic N) is 8. The molecule has 8 saturated heterocycles. The van der Waals surface area contributed by atoms with Crippen molar-refractivity contribution in [3.63, 3.8) is 0 Å². The standard InChI is InChI=1S/C12H23F2NO.C12H25NO.2C12H25N.2C11H23N.C10H20FN.C10H21N/c1-8(2)11-5-10(7-16-12(13)14)6-15(11)9(3)4;1-9(2)12-6-11(8-14-5)7-13(12)10(3)4;1-6-11-7-12(9(2)3)13(8-11)10(4)5;1-6-11-7-8-12(9(2)3)13(11)10(4)5;1-8(2)11-6-10(5)7-12(11)9(3)4;1-8(2)11-7-6-10(5)12(11)9(3)4;1-7(2)10-5-9(11)6-12(10)8(3)4;1-8(2)10-6-5-7-11(10)9(3)4/h8-12H,5-7H2,1-4H3;9-12H,6-8H2,1-5H3;2*9-12H,6-8H2,1-5H3;2*8-11H,6-7H2,1-5H3;7-10H,5-6H2,1-4H3;8-10H,5-7H2,1-4H3/t10?,11-;3*11?,12-;2*10?,11-;9?,10-;10-/m00000000/s1. The summed E-state index contributed by atoms with van der Waals surface area (Å²) in [6.45, 7) is 87.8. The average Bonchev–Trinajstić information content (AvgIpc) is 1.73. The lowest BCUT2D eigenvalue weighted by Gasteiger charge is -2.35. The summed E-state index contributed by atoms with van der Waals surface area (Å²) in [6.07, 6.45) is 16.3. The van der Waals surface area contributed by atoms with Gasteiger partial charge in [-0.1, -0.05) is 138 Å². The summed E-state index contributed by atoms with van der Waals surface area (Å²) < 4.78 is 46.7. The molecule has 0 radical (unpaired) electrons. The van der Waals surface area contributed by atoms with Crippen LogP contribution in [0.3, 0.4) is 0 Å². The van der Waals surface area contributed by atoms with Gasteiger partial charge in [-0.15, -0.1) is 0 Å². The molecule has 0 aromatic rings. The molecule has 8 aliphatic rings. The molecule has 0 spiro atoms. The van der Waals surface area contributed by atoms with Crippen LogP contribution < -0.4 is 0 Å². The quantitative estimate of drug-likeness (QED) is 0.0989. The molecule has 8 aliphatic heterocycles. The fourth-order valence-electron chi connectivity index (χ4n) is 19.7. The number of hydrogen-bond acceptors (Lipinski definition) is 10. The second-order valence-corrected chi connectivity index (χ2v) is 39.0. The van der Waals surface area contributed by atoms with Gasteiger partial charge < -0.3 is 9.47 Å². The van der Waals surface area contributed by atoms with Crippen LogP contribution in [-0.4, -0.2) is 220 Å². The number of rotatable bonds is 23. The lowest BCUT2D eigenvalue weighted by molar-refractivity contribution is -0.137. The molecule has 0 saturated carbocycles. The van der Waals surface area contributed by atoms with Gasteiger partial charge in [0.15, 0.2) is 0 Å². The van der Waals surface area contributed by atoms with Crippen LogP contribution in [0.5, 0.6) is 0 Å². The zero-order valence-electron chi connectivity index (χ0n) is 75.9. The van der Waals surface area contributed by atoms with E-state index in [9.17, 15) is 13.2 Å². The van der Waals surface area contributed by atoms with Crippen LogP contribution in [0.1, 0.15) is 333 Å². The predicted octanol–water partition coefficient (Wildman–Crippen LogP) is 22.5. The molecule has 13 heteroatoms. The smallest absolute Gasteiger partial charge is 0.345 e. The second-order valence-electron chi connectivity index (χ2n) is 39.0. The highest BCUT2D eigenvalue weighted by molar-refractivity contribution is 4.95. The Bertz CT molecular complexity index is 1940. The van der Waals surface area contributed by atoms with Crippen molar-refractivity contribution in [2.24, 2.45) is 71.0 Å². The molecule has 15 atom stereocenters. The van der Waals surface area contributed by atoms with E-state index in [1.54, 1.807) is 0 Å². The van der Waals surface area contributed by atoms with Crippen molar-refractivity contribution in [2.45, 2.75) is 454 Å². The van der Waals surface area contributed by atoms with Crippen LogP contribution in [0.2, 0.25) is 0 Å². The highest BCUT2D eigenvalue weighted by atomic mass is 19.3. The van der Waals surface area contributed by atoms with E-state index in [2.05, 4.69) is 293 Å². The predicted molar refractivity (Wildman–Crippen MR) is 447 cm³/mol. The van der Waals surface area contributed by atoms with E-state index in [0.29, 0.717) is 48.6 Å². The molecule has 0 N–H and O–H groups in total. The summed E-state index contributed by atoms with van der Waals surface area (Å²) >= 11 is 0. The summed E-state index contributed by atoms with van der Waals surface area (Å²) in [7, 11) is 1.81. The van der Waals surface area contributed by atoms with E-state index in [4.69, 9.17) is 4.74 Å². The van der Waals surface area contributed by atoms with E-state index in [1.807, 2.05) is 7.11 Å². The molecule has 8 fully saturated rings. The van der Waals surface area contributed by atoms with Crippen molar-refractivity contribution < 1.29 is 22.6 Å². The summed E-state index contributed by atoms with van der Waals surface area (Å²) in [5.41, 5.74) is 0. The molecule has 7 unspecified atom stereocenters. The Morgan fingerprint density at radius 3 is 0.981 bits per heavy atom. The van der Waals surface area contributed by atoms with Crippen molar-refractivity contribution in [1.29, 1.82) is 0 Å². The molecule has 0 aromatic heterocycles. The molecule has 0 bridgehead atoms. The van der Waals surface area contributed by atoms with Crippen LogP contribution in [-0.2, 0) is 9.47 Å². The lowest BCUT2D eigenvalue weighted by atomic mass is 9.96. The van der Waals surface area contributed by atoms with Crippen LogP contribution in [0.15, 0.2) is 0 Å². The fraction of sp³-hybridized carbons (Fsp3) is 1.00. The van der Waals surface area contributed by atoms with E-state index in [0.717, 1.165) is 158 Å². The minimum absolute atomic E-state index is 0.185. The summed E-state index contributed by atoms with van der Waals surface area (Å²) in [6, 6.07) is 12.8. The number of methoxy groups -OCH3 is 1. The number of alkyl halides is 3. The number of hydrogen-bond donors (Lipinski definition) is 0. The Kier molecular flexibility index (Phi) is 49.1. The van der Waals surface area contributed by atoms with E-state index < -0.39 is 12.8 Å². The summed E-state index contributed by atoms with van der Waals surface area (Å²) in [5.74, 6) is 8.87. The normalized spacial score (nSPS) is 30.2. The van der Waals surface area contributed by atoms with Crippen LogP contribution in [0.4, 0.5) is 13.2 Å². The van der Waals surface area contributed by atoms with Gasteiger partial charge in [0.05, 0.1) is 13.2 Å². The Morgan fingerprint density at radius 1 is 0.330 bits per heavy atom. The van der Waals surface area contributed by atoms with Gasteiger partial charge in [-0.3, -0.25) is 39.2 Å². The lowest BCUT2D eigenvalue weighted by Crippen LogP contribution is -2.43. The van der Waals surface area contributed by atoms with Crippen molar-refractivity contribution in [1.82, 2.24) is 39.2 Å². The van der Waals surface area contributed by atoms with E-state index >= 15 is 0 Å². The minimum atomic E-state index is -2.63. The van der Waals surface area contributed by atoms with Gasteiger partial charge in [-0.05, 0) is 272 Å². The molecule has 103 heavy (non-hydrogen) atoms. The van der Waals surface area contributed by atoms with Crippen LogP contribution >= 0.6 is 0 Å². The maximum atomic E-state index is 13.1. The second kappa shape index (κ2) is 50.4. The number of halogens is 3. The van der Waals surface area contributed by atoms with Crippen LogP contribution in [0, 0.1) is 71.0 Å². The molecule has 0 aliphatic carbocycles. The van der Waals surface area contributed by atoms with Gasteiger partial charge >= 0.3 is 6.61 Å². The molecule has 10 nitrogen and oxygen atoms in total. The van der Waals surface area contributed by atoms with Gasteiger partial charge in [-0.25, -0.2) is 4.39 Å². The zero-order chi connectivity index (χ0) is 79.4. The van der Waals surface area contributed by atoms with Gasteiger partial charge in [0, 0.05) is 149 Å². The van der Waals surface area contributed by atoms with Crippen molar-refractivity contribution in [2.75, 3.05) is 59.6 Å². The largest absolute Gasteiger partial charge is 0.384 e. The number of ether oxygens (including phenoxy) is 2. The molecule has 0 aromatic carbocycles. The molecular formula is C90H185F3N8O2. The van der Waals surface area contributed by atoms with Gasteiger partial charge in [0.25, 0.3) is 0 Å². The molecule has 0 amide bonds. The Labute approximate surface area is 643 Å². The SMILES string of the molecule is CC(C)[C@@H]1CC(COC(F)F)CN1C(C)C.CC(C)[C@@H]1CC(F)CN1C(C)C.CC(C)[C@@H]1CCC(C)N1C(C)C.CC(C)[C@@H]1CCCN1C(C)C.CC1C[C@@H](C(C)C)N(C(C)C)C1.CCC1CC[C@@H](C(C)C)N1C(C)C.CCC1C[C@@H](C(C)C)N(C(C)C)C1.COCC1C[C@@H](C(C)C)N(C(C)C)C1. The van der Waals surface area contributed by atoms with Crippen molar-refractivity contribution in [3.05, 3.63) is 0 Å². The highest BCUT2D eigenvalue weighted by Gasteiger charge is 2.41. The molecule has 8 heterocycles. The first kappa shape index (κ1) is 100. The van der Waals surface area contributed by atoms with Crippen molar-refractivity contribution in [3.8, 4) is 0 Å². The molecular weight excluding hydrogens is 1280 g/mol. The van der Waals surface area contributed by atoms with Gasteiger partial charge in [-0.2, -0.15) is 8.78 Å². The monoisotopic (exact) mass is 1470 g/mol. The molecule has 618 valence electrons. The fourth-order valence-corrected chi connectivity index (χ4v) is 19.7. The van der Waals surface area contributed by atoms with E-state index in [-0.39, 0.29) is 12.5 Å². The topological polar surface area (TPSA) is 44.4 Å². The Balaban J connectivity index is 0.000000590.